The molecule has 2 aliphatic carbocycles. The normalized spacial score (nSPS) is 23.9. The van der Waals surface area contributed by atoms with Crippen LogP contribution >= 0.6 is 23.4 Å². The molecule has 30 heavy (non-hydrogen) atoms. The number of alkyl halides is 1. The highest BCUT2D eigenvalue weighted by molar-refractivity contribution is 8.00. The number of hydrogen-bond acceptors (Lipinski definition) is 5. The van der Waals surface area contributed by atoms with Crippen molar-refractivity contribution in [1.29, 1.82) is 0 Å². The van der Waals surface area contributed by atoms with Crippen LogP contribution in [0.1, 0.15) is 29.5 Å². The van der Waals surface area contributed by atoms with Crippen LogP contribution in [0.4, 0.5) is 16.2 Å². The maximum Gasteiger partial charge on any atom is 0.346 e. The fourth-order valence-corrected chi connectivity index (χ4v) is 6.19. The highest BCUT2D eigenvalue weighted by Gasteiger charge is 2.52. The number of thioether (sulfide) groups is 1. The molecule has 7 nitrogen and oxygen atoms in total. The number of nitrogens with zero attached hydrogens (tertiary/aromatic N) is 3. The number of carbonyl (C=O) groups excluding carboxylic acids is 1. The van der Waals surface area contributed by atoms with Gasteiger partial charge < -0.3 is 5.32 Å². The number of rotatable bonds is 4. The monoisotopic (exact) mass is 440 g/mol. The third kappa shape index (κ3) is 3.26. The second kappa shape index (κ2) is 7.45. The first-order valence-electron chi connectivity index (χ1n) is 9.52. The van der Waals surface area contributed by atoms with Gasteiger partial charge in [-0.3, -0.25) is 10.1 Å². The molecular weight excluding hydrogens is 424 g/mol. The number of hydrogen-bond donors (Lipinski definition) is 1. The first kappa shape index (κ1) is 19.1. The average molecular weight is 441 g/mol. The Morgan fingerprint density at radius 1 is 1.17 bits per heavy atom. The molecular formula is C21H17ClN4O3S. The van der Waals surface area contributed by atoms with E-state index in [-0.39, 0.29) is 34.2 Å². The van der Waals surface area contributed by atoms with Crippen LogP contribution in [0.5, 0.6) is 0 Å². The lowest BCUT2D eigenvalue weighted by atomic mass is 9.97. The van der Waals surface area contributed by atoms with Crippen LogP contribution in [0.2, 0.25) is 0 Å². The Morgan fingerprint density at radius 3 is 2.60 bits per heavy atom. The van der Waals surface area contributed by atoms with E-state index in [9.17, 15) is 14.9 Å². The largest absolute Gasteiger partial charge is 0.346 e. The molecule has 0 spiro atoms. The molecule has 1 N–H and O–H groups in total. The van der Waals surface area contributed by atoms with Crippen LogP contribution in [0.25, 0.3) is 0 Å². The smallest absolute Gasteiger partial charge is 0.306 e. The van der Waals surface area contributed by atoms with Gasteiger partial charge in [-0.05, 0) is 36.2 Å². The van der Waals surface area contributed by atoms with E-state index in [1.807, 2.05) is 30.3 Å². The molecule has 2 aromatic carbocycles. The van der Waals surface area contributed by atoms with Crippen molar-refractivity contribution in [3.05, 3.63) is 82.2 Å². The molecule has 1 fully saturated rings. The summed E-state index contributed by atoms with van der Waals surface area (Å²) in [5.74, 6) is 0.305. The van der Waals surface area contributed by atoms with Gasteiger partial charge in [0.15, 0.2) is 0 Å². The standard InChI is InChI=1S/C21H17ClN4O3S/c22-18-15-10-16(20(18)30-14-8-6-13(7-9-14)26(28)29)19-17(15)11-25(24-19)21(27)23-12-4-2-1-3-5-12/h1-9,11,15-16,18,20H,10H2,(H,23,27)/t15-,16+,18+,20+/m0/s1. The third-order valence-electron chi connectivity index (χ3n) is 5.68. The average Bonchev–Trinajstić information content (AvgIpc) is 3.41. The summed E-state index contributed by atoms with van der Waals surface area (Å²) in [6.07, 6.45) is 2.71. The fourth-order valence-electron chi connectivity index (χ4n) is 4.29. The molecule has 0 unspecified atom stereocenters. The SMILES string of the molecule is O=C(Nc1ccccc1)n1cc2c(n1)[C@H]1C[C@@H]2[C@@H](Cl)[C@@H]1Sc1ccc([N+](=O)[O-])cc1. The van der Waals surface area contributed by atoms with Crippen molar-refractivity contribution in [2.45, 2.75) is 33.8 Å². The van der Waals surface area contributed by atoms with Gasteiger partial charge >= 0.3 is 6.03 Å². The van der Waals surface area contributed by atoms with Crippen molar-refractivity contribution in [1.82, 2.24) is 9.78 Å². The molecule has 2 aliphatic rings. The Morgan fingerprint density at radius 2 is 1.90 bits per heavy atom. The van der Waals surface area contributed by atoms with E-state index in [2.05, 4.69) is 10.4 Å². The van der Waals surface area contributed by atoms with E-state index in [1.54, 1.807) is 30.1 Å². The van der Waals surface area contributed by atoms with Gasteiger partial charge in [0, 0.05) is 46.0 Å². The first-order valence-corrected chi connectivity index (χ1v) is 10.8. The molecule has 2 bridgehead atoms. The van der Waals surface area contributed by atoms with Gasteiger partial charge in [0.25, 0.3) is 5.69 Å². The summed E-state index contributed by atoms with van der Waals surface area (Å²) < 4.78 is 1.36. The molecule has 9 heteroatoms. The predicted molar refractivity (Wildman–Crippen MR) is 116 cm³/mol. The zero-order valence-electron chi connectivity index (χ0n) is 15.6. The minimum Gasteiger partial charge on any atom is -0.306 e. The van der Waals surface area contributed by atoms with Gasteiger partial charge in [0.05, 0.1) is 16.0 Å². The lowest BCUT2D eigenvalue weighted by Crippen LogP contribution is -2.24. The highest BCUT2D eigenvalue weighted by atomic mass is 35.5. The van der Waals surface area contributed by atoms with Gasteiger partial charge in [-0.25, -0.2) is 4.79 Å². The topological polar surface area (TPSA) is 90.1 Å². The number of anilines is 1. The van der Waals surface area contributed by atoms with Crippen LogP contribution in [-0.2, 0) is 0 Å². The zero-order valence-corrected chi connectivity index (χ0v) is 17.2. The van der Waals surface area contributed by atoms with Gasteiger partial charge in [0.2, 0.25) is 0 Å². The van der Waals surface area contributed by atoms with Crippen molar-refractivity contribution >= 4 is 40.8 Å². The summed E-state index contributed by atoms with van der Waals surface area (Å²) in [5, 5.41) is 18.3. The van der Waals surface area contributed by atoms with E-state index in [1.165, 1.54) is 16.8 Å². The zero-order chi connectivity index (χ0) is 20.8. The van der Waals surface area contributed by atoms with Crippen molar-refractivity contribution in [3.8, 4) is 0 Å². The van der Waals surface area contributed by atoms with Crippen molar-refractivity contribution in [2.24, 2.45) is 0 Å². The quantitative estimate of drug-likeness (QED) is 0.341. The molecule has 3 aromatic rings. The summed E-state index contributed by atoms with van der Waals surface area (Å²) in [5.41, 5.74) is 2.76. The lowest BCUT2D eigenvalue weighted by molar-refractivity contribution is -0.384. The fraction of sp³-hybridized carbons (Fsp3) is 0.238. The Bertz CT molecular complexity index is 1120. The molecule has 1 aromatic heterocycles. The van der Waals surface area contributed by atoms with Crippen LogP contribution in [0.3, 0.4) is 0 Å². The number of non-ortho nitro benzene ring substituents is 1. The molecule has 1 amide bonds. The van der Waals surface area contributed by atoms with Gasteiger partial charge in [-0.2, -0.15) is 9.78 Å². The molecule has 0 radical (unpaired) electrons. The number of carbonyl (C=O) groups is 1. The summed E-state index contributed by atoms with van der Waals surface area (Å²) in [6.45, 7) is 0. The molecule has 1 saturated carbocycles. The Kier molecular flexibility index (Phi) is 4.75. The summed E-state index contributed by atoms with van der Waals surface area (Å²) in [4.78, 5) is 24.0. The van der Waals surface area contributed by atoms with Gasteiger partial charge in [-0.1, -0.05) is 18.2 Å². The van der Waals surface area contributed by atoms with E-state index < -0.39 is 4.92 Å². The molecule has 0 saturated heterocycles. The van der Waals surface area contributed by atoms with E-state index in [0.29, 0.717) is 5.69 Å². The number of para-hydroxylation sites is 1. The van der Waals surface area contributed by atoms with Crippen molar-refractivity contribution in [2.75, 3.05) is 5.32 Å². The number of nitro benzene ring substituents is 1. The maximum atomic E-state index is 12.6. The van der Waals surface area contributed by atoms with Crippen LogP contribution in [0.15, 0.2) is 65.7 Å². The van der Waals surface area contributed by atoms with Gasteiger partial charge in [0.1, 0.15) is 0 Å². The minimum absolute atomic E-state index is 0.0696. The maximum absolute atomic E-state index is 12.6. The number of nitrogens with one attached hydrogen (secondary N) is 1. The van der Waals surface area contributed by atoms with E-state index in [0.717, 1.165) is 22.6 Å². The number of halogens is 1. The van der Waals surface area contributed by atoms with Crippen LogP contribution in [0, 0.1) is 10.1 Å². The summed E-state index contributed by atoms with van der Waals surface area (Å²) in [6, 6.07) is 15.5. The molecule has 152 valence electrons. The second-order valence-corrected chi connectivity index (χ2v) is 9.19. The molecule has 5 rings (SSSR count). The molecule has 1 heterocycles. The lowest BCUT2D eigenvalue weighted by Gasteiger charge is -2.25. The predicted octanol–water partition coefficient (Wildman–Crippen LogP) is 5.22. The summed E-state index contributed by atoms with van der Waals surface area (Å²) in [7, 11) is 0. The third-order valence-corrected chi connectivity index (χ3v) is 7.84. The Hall–Kier alpha value is -2.84. The Labute approximate surface area is 181 Å². The minimum atomic E-state index is -0.407. The number of nitro groups is 1. The first-order chi connectivity index (χ1) is 14.5. The van der Waals surface area contributed by atoms with E-state index in [4.69, 9.17) is 11.6 Å². The van der Waals surface area contributed by atoms with Crippen molar-refractivity contribution < 1.29 is 9.72 Å². The Balaban J connectivity index is 1.34. The second-order valence-electron chi connectivity index (χ2n) is 7.44. The van der Waals surface area contributed by atoms with Crippen LogP contribution in [-0.4, -0.2) is 31.4 Å². The number of fused-ring (bicyclic) bond motifs is 5. The van der Waals surface area contributed by atoms with E-state index >= 15 is 0 Å². The van der Waals surface area contributed by atoms with Crippen LogP contribution < -0.4 is 5.32 Å². The number of benzene rings is 2. The number of aromatic nitrogens is 2. The highest BCUT2D eigenvalue weighted by Crippen LogP contribution is 2.59. The van der Waals surface area contributed by atoms with Gasteiger partial charge in [-0.15, -0.1) is 23.4 Å². The number of amides is 1. The molecule has 4 atom stereocenters. The summed E-state index contributed by atoms with van der Waals surface area (Å²) >= 11 is 8.41. The molecule has 0 aliphatic heterocycles. The van der Waals surface area contributed by atoms with Crippen molar-refractivity contribution in [3.63, 3.8) is 0 Å².